The van der Waals surface area contributed by atoms with Gasteiger partial charge in [0.15, 0.2) is 0 Å². The number of esters is 1. The third-order valence-corrected chi connectivity index (χ3v) is 14.5. The van der Waals surface area contributed by atoms with Crippen LogP contribution in [0.5, 0.6) is 5.75 Å². The molecule has 8 rings (SSSR count). The first-order valence-electron chi connectivity index (χ1n) is 25.4. The summed E-state index contributed by atoms with van der Waals surface area (Å²) in [5.74, 6) is -1.26. The number of hydrogen-bond donors (Lipinski definition) is 2. The Hall–Kier alpha value is -6.67. The number of para-hydroxylation sites is 1. The molecule has 0 radical (unpaired) electrons. The Balaban J connectivity index is 1.09. The van der Waals surface area contributed by atoms with Crippen LogP contribution in [0.25, 0.3) is 33.3 Å². The fraction of sp³-hybridized carbons (Fsp3) is 0.474. The van der Waals surface area contributed by atoms with E-state index < -0.39 is 35.4 Å². The van der Waals surface area contributed by atoms with E-state index in [1.807, 2.05) is 63.2 Å². The van der Waals surface area contributed by atoms with Gasteiger partial charge in [-0.1, -0.05) is 76.2 Å². The van der Waals surface area contributed by atoms with Gasteiger partial charge in [0.25, 0.3) is 5.91 Å². The number of likely N-dealkylation sites (N-methyl/N-ethyl adjacent to an activating group) is 1. The predicted octanol–water partition coefficient (Wildman–Crippen LogP) is 8.39. The number of hydrazine groups is 1. The molecular formula is C57H70N8O7. The molecule has 5 aromatic rings. The molecule has 2 fully saturated rings. The van der Waals surface area contributed by atoms with Crippen molar-refractivity contribution in [3.05, 3.63) is 107 Å². The second-order valence-corrected chi connectivity index (χ2v) is 20.7. The lowest BCUT2D eigenvalue weighted by Gasteiger charge is -2.39. The van der Waals surface area contributed by atoms with Gasteiger partial charge in [-0.3, -0.25) is 29.2 Å². The number of rotatable bonds is 13. The van der Waals surface area contributed by atoms with E-state index >= 15 is 0 Å². The molecule has 15 heteroatoms. The minimum absolute atomic E-state index is 0.103. The third kappa shape index (κ3) is 11.2. The van der Waals surface area contributed by atoms with Crippen LogP contribution in [0.2, 0.25) is 0 Å². The van der Waals surface area contributed by atoms with Crippen LogP contribution in [0.1, 0.15) is 95.7 Å². The molecule has 3 aliphatic rings. The number of hydrogen-bond acceptors (Lipinski definition) is 11. The normalized spacial score (nSPS) is 20.8. The van der Waals surface area contributed by atoms with Crippen LogP contribution in [-0.4, -0.2) is 108 Å². The Morgan fingerprint density at radius 1 is 1.01 bits per heavy atom. The molecule has 4 atom stereocenters. The molecule has 72 heavy (non-hydrogen) atoms. The highest BCUT2D eigenvalue weighted by Gasteiger charge is 2.42. The van der Waals surface area contributed by atoms with Gasteiger partial charge in [-0.05, 0) is 104 Å². The number of carbonyl (C=O) groups is 4. The largest absolute Gasteiger partial charge is 0.496 e. The Morgan fingerprint density at radius 2 is 1.79 bits per heavy atom. The van der Waals surface area contributed by atoms with E-state index in [2.05, 4.69) is 88.5 Å². The second kappa shape index (κ2) is 22.4. The van der Waals surface area contributed by atoms with Gasteiger partial charge in [-0.15, -0.1) is 0 Å². The fourth-order valence-corrected chi connectivity index (χ4v) is 10.6. The Morgan fingerprint density at radius 3 is 2.54 bits per heavy atom. The molecule has 380 valence electrons. The van der Waals surface area contributed by atoms with E-state index in [0.29, 0.717) is 51.7 Å². The quantitative estimate of drug-likeness (QED) is 0.0870. The van der Waals surface area contributed by atoms with Crippen molar-refractivity contribution in [1.29, 1.82) is 0 Å². The summed E-state index contributed by atoms with van der Waals surface area (Å²) in [5, 5.41) is 5.64. The van der Waals surface area contributed by atoms with E-state index in [4.69, 9.17) is 19.2 Å². The molecule has 15 nitrogen and oxygen atoms in total. The maximum Gasteiger partial charge on any atom is 0.324 e. The van der Waals surface area contributed by atoms with E-state index in [0.717, 1.165) is 61.4 Å². The van der Waals surface area contributed by atoms with Gasteiger partial charge >= 0.3 is 5.97 Å². The maximum absolute atomic E-state index is 14.8. The molecule has 6 bridgehead atoms. The van der Waals surface area contributed by atoms with E-state index in [-0.39, 0.29) is 48.8 Å². The average molecular weight is 979 g/mol. The lowest BCUT2D eigenvalue weighted by molar-refractivity contribution is -0.155. The molecule has 2 N–H and O–H groups in total. The molecule has 1 unspecified atom stereocenters. The van der Waals surface area contributed by atoms with Gasteiger partial charge in [-0.2, -0.15) is 0 Å². The molecule has 3 aromatic carbocycles. The number of nitrogens with zero attached hydrogens (tertiary/aromatic N) is 6. The van der Waals surface area contributed by atoms with Crippen LogP contribution in [0.3, 0.4) is 0 Å². The number of aryl methyl sites for hydroxylation is 1. The van der Waals surface area contributed by atoms with Crippen molar-refractivity contribution in [3.8, 4) is 28.1 Å². The fourth-order valence-electron chi connectivity index (χ4n) is 10.6. The molecule has 1 saturated carbocycles. The lowest BCUT2D eigenvalue weighted by Crippen LogP contribution is -2.62. The number of carbonyl (C=O) groups excluding carboxylic acids is 4. The van der Waals surface area contributed by atoms with Gasteiger partial charge in [-0.25, -0.2) is 15.4 Å². The van der Waals surface area contributed by atoms with Gasteiger partial charge in [0.05, 0.1) is 49.8 Å². The number of benzene rings is 3. The highest BCUT2D eigenvalue weighted by Crippen LogP contribution is 2.42. The van der Waals surface area contributed by atoms with Gasteiger partial charge < -0.3 is 29.0 Å². The first-order chi connectivity index (χ1) is 34.6. The summed E-state index contributed by atoms with van der Waals surface area (Å²) in [5.41, 5.74) is 11.5. The zero-order valence-corrected chi connectivity index (χ0v) is 43.2. The zero-order chi connectivity index (χ0) is 51.3. The van der Waals surface area contributed by atoms with Gasteiger partial charge in [0.1, 0.15) is 23.9 Å². The summed E-state index contributed by atoms with van der Waals surface area (Å²) in [4.78, 5) is 72.5. The first-order valence-corrected chi connectivity index (χ1v) is 25.4. The summed E-state index contributed by atoms with van der Waals surface area (Å²) >= 11 is 0. The van der Waals surface area contributed by atoms with Crippen molar-refractivity contribution in [3.63, 3.8) is 0 Å². The minimum Gasteiger partial charge on any atom is -0.496 e. The smallest absolute Gasteiger partial charge is 0.324 e. The first kappa shape index (κ1) is 51.7. The minimum atomic E-state index is -1.03. The number of aromatic nitrogens is 2. The number of methoxy groups -OCH3 is 2. The molecule has 0 spiro atoms. The van der Waals surface area contributed by atoms with Crippen LogP contribution < -0.4 is 15.5 Å². The van der Waals surface area contributed by atoms with Crippen molar-refractivity contribution in [1.82, 2.24) is 30.2 Å². The SMILES string of the molecule is CCn1c(-c2cccnc2[C@H](C)OC)c2c3cc(ccc31)-c1cccc(c1)C[C@H](NC(=O)C(C(C)C)N(C)C(=O)[C@H]1C[C@H](N=C=NCc3ccccc3OC)C1)C(=O)N1CCC[C@H](N1)C(=O)OCC(C)(C)C2. The van der Waals surface area contributed by atoms with Crippen molar-refractivity contribution in [2.45, 2.75) is 123 Å². The van der Waals surface area contributed by atoms with Crippen LogP contribution in [-0.2, 0) is 54.6 Å². The van der Waals surface area contributed by atoms with Crippen LogP contribution in [0, 0.1) is 17.3 Å². The number of aliphatic imine (C=N–C) groups is 2. The molecule has 2 aromatic heterocycles. The highest BCUT2D eigenvalue weighted by atomic mass is 16.5. The number of cyclic esters (lactones) is 1. The number of fused-ring (bicyclic) bond motifs is 6. The molecular weight excluding hydrogens is 909 g/mol. The predicted molar refractivity (Wildman–Crippen MR) is 278 cm³/mol. The topological polar surface area (TPSA) is 169 Å². The van der Waals surface area contributed by atoms with Crippen LogP contribution in [0.15, 0.2) is 95.0 Å². The van der Waals surface area contributed by atoms with E-state index in [9.17, 15) is 19.2 Å². The summed E-state index contributed by atoms with van der Waals surface area (Å²) in [6.07, 6.45) is 4.37. The van der Waals surface area contributed by atoms with Gasteiger partial charge in [0.2, 0.25) is 11.8 Å². The third-order valence-electron chi connectivity index (χ3n) is 14.5. The summed E-state index contributed by atoms with van der Waals surface area (Å²) < 4.78 is 19.7. The number of nitrogens with one attached hydrogen (secondary N) is 2. The molecule has 3 amide bonds. The molecule has 4 heterocycles. The summed E-state index contributed by atoms with van der Waals surface area (Å²) in [6, 6.07) is 26.4. The maximum atomic E-state index is 14.8. The van der Waals surface area contributed by atoms with Crippen molar-refractivity contribution in [2.75, 3.05) is 34.4 Å². The number of amides is 3. The van der Waals surface area contributed by atoms with E-state index in [1.165, 1.54) is 9.91 Å². The Kier molecular flexibility index (Phi) is 16.1. The Labute approximate surface area is 423 Å². The summed E-state index contributed by atoms with van der Waals surface area (Å²) in [7, 11) is 4.97. The summed E-state index contributed by atoms with van der Waals surface area (Å²) in [6.45, 7) is 13.7. The highest BCUT2D eigenvalue weighted by molar-refractivity contribution is 5.96. The van der Waals surface area contributed by atoms with E-state index in [1.54, 1.807) is 27.5 Å². The van der Waals surface area contributed by atoms with Gasteiger partial charge in [0, 0.05) is 73.2 Å². The average Bonchev–Trinajstić information content (AvgIpc) is 3.67. The van der Waals surface area contributed by atoms with Crippen molar-refractivity contribution in [2.24, 2.45) is 27.2 Å². The monoisotopic (exact) mass is 979 g/mol. The van der Waals surface area contributed by atoms with Crippen molar-refractivity contribution >= 4 is 40.6 Å². The molecule has 1 saturated heterocycles. The molecule has 2 aliphatic heterocycles. The van der Waals surface area contributed by atoms with Crippen LogP contribution in [0.4, 0.5) is 0 Å². The molecule has 1 aliphatic carbocycles. The zero-order valence-electron chi connectivity index (χ0n) is 43.2. The number of pyridine rings is 1. The number of ether oxygens (including phenoxy) is 3. The standard InChI is InChI=1S/C57H70N8O7/c1-10-64-48-23-22-39-30-44(48)45(52(64)43-19-14-24-59-50(43)36(4)70-8)31-57(5,6)33-72-56(69)46-20-15-25-65(62-46)55(68)47(27-37-16-13-18-38(39)26-37)61-53(66)51(35(2)3)63(7)54(67)41-28-42(29-41)60-34-58-32-40-17-11-12-21-49(40)71-9/h11-14,16-19,21-24,26,30,35-36,41-42,46-47,51,62H,10,15,20,25,27-29,31-33H2,1-9H3,(H,61,66)/t36-,41-,42-,46-,47-,51?/m0/s1. The second-order valence-electron chi connectivity index (χ2n) is 20.7. The van der Waals surface area contributed by atoms with Crippen molar-refractivity contribution < 1.29 is 33.4 Å². The Bertz CT molecular complexity index is 2860. The lowest BCUT2D eigenvalue weighted by atomic mass is 9.79. The van der Waals surface area contributed by atoms with Crippen LogP contribution >= 0.6 is 0 Å².